The van der Waals surface area contributed by atoms with Crippen LogP contribution in [-0.4, -0.2) is 42.5 Å². The lowest BCUT2D eigenvalue weighted by atomic mass is 9.76. The van der Waals surface area contributed by atoms with Crippen molar-refractivity contribution in [3.63, 3.8) is 0 Å². The lowest BCUT2D eigenvalue weighted by Crippen LogP contribution is -2.54. The first-order valence-corrected chi connectivity index (χ1v) is 11.6. The zero-order valence-electron chi connectivity index (χ0n) is 18.4. The van der Waals surface area contributed by atoms with Crippen LogP contribution in [0.3, 0.4) is 0 Å². The number of nitrogens with zero attached hydrogens (tertiary/aromatic N) is 1. The van der Waals surface area contributed by atoms with Gasteiger partial charge in [-0.3, -0.25) is 14.4 Å². The molecule has 3 aliphatic carbocycles. The van der Waals surface area contributed by atoms with E-state index in [-0.39, 0.29) is 59.1 Å². The second-order valence-corrected chi connectivity index (χ2v) is 9.66. The standard InChI is InChI=1S/C24H24Cl2FN3O4/c1-14(31)30(17-4-2-16(25)3-5-17)12-22(32)29-24-9-15(10-24)21(11-24)28-23(33)13-34-18-6-7-19(26)20(27)8-18/h2-8,15,21H,9-13H2,1H3,(H,28,33)(H,29,32). The molecule has 180 valence electrons. The Kier molecular flexibility index (Phi) is 7.00. The molecule has 2 N–H and O–H groups in total. The summed E-state index contributed by atoms with van der Waals surface area (Å²) in [7, 11) is 0. The van der Waals surface area contributed by atoms with E-state index in [0.29, 0.717) is 17.1 Å². The number of rotatable bonds is 8. The Morgan fingerprint density at radius 1 is 1.09 bits per heavy atom. The predicted octanol–water partition coefficient (Wildman–Crippen LogP) is 3.72. The molecule has 2 bridgehead atoms. The minimum absolute atomic E-state index is 0.0190. The highest BCUT2D eigenvalue weighted by Crippen LogP contribution is 2.52. The molecule has 34 heavy (non-hydrogen) atoms. The largest absolute Gasteiger partial charge is 0.484 e. The third-order valence-corrected chi connectivity index (χ3v) is 6.88. The second-order valence-electron chi connectivity index (χ2n) is 8.82. The van der Waals surface area contributed by atoms with Gasteiger partial charge in [0, 0.05) is 35.3 Å². The average molecular weight is 508 g/mol. The van der Waals surface area contributed by atoms with Crippen molar-refractivity contribution in [3.05, 3.63) is 58.3 Å². The Morgan fingerprint density at radius 2 is 1.79 bits per heavy atom. The summed E-state index contributed by atoms with van der Waals surface area (Å²) in [5.41, 5.74) is 0.204. The molecule has 3 fully saturated rings. The molecule has 1 atom stereocenters. The van der Waals surface area contributed by atoms with Crippen molar-refractivity contribution in [3.8, 4) is 5.75 Å². The van der Waals surface area contributed by atoms with E-state index in [4.69, 9.17) is 27.9 Å². The van der Waals surface area contributed by atoms with E-state index in [1.54, 1.807) is 24.3 Å². The molecule has 2 aromatic rings. The van der Waals surface area contributed by atoms with E-state index in [0.717, 1.165) is 18.9 Å². The van der Waals surface area contributed by atoms with Crippen LogP contribution in [0.5, 0.6) is 5.75 Å². The van der Waals surface area contributed by atoms with Gasteiger partial charge in [-0.05, 0) is 61.6 Å². The number of hydrogen-bond donors (Lipinski definition) is 2. The number of amides is 3. The van der Waals surface area contributed by atoms with Crippen molar-refractivity contribution >= 4 is 46.6 Å². The van der Waals surface area contributed by atoms with E-state index in [1.165, 1.54) is 24.0 Å². The van der Waals surface area contributed by atoms with E-state index >= 15 is 0 Å². The minimum Gasteiger partial charge on any atom is -0.484 e. The molecule has 0 spiro atoms. The third-order valence-electron chi connectivity index (χ3n) is 6.32. The number of hydrogen-bond acceptors (Lipinski definition) is 4. The zero-order valence-corrected chi connectivity index (χ0v) is 20.0. The number of nitrogens with one attached hydrogen (secondary N) is 2. The van der Waals surface area contributed by atoms with Gasteiger partial charge in [0.05, 0.1) is 5.02 Å². The van der Waals surface area contributed by atoms with Crippen molar-refractivity contribution in [2.45, 2.75) is 37.8 Å². The van der Waals surface area contributed by atoms with E-state index < -0.39 is 5.82 Å². The number of ether oxygens (including phenoxy) is 1. The Hall–Kier alpha value is -2.84. The van der Waals surface area contributed by atoms with Crippen LogP contribution in [0.1, 0.15) is 26.2 Å². The lowest BCUT2D eigenvalue weighted by Gasteiger charge is -2.39. The van der Waals surface area contributed by atoms with Crippen molar-refractivity contribution in [1.82, 2.24) is 10.6 Å². The first-order chi connectivity index (χ1) is 16.1. The topological polar surface area (TPSA) is 87.7 Å². The first-order valence-electron chi connectivity index (χ1n) is 10.9. The highest BCUT2D eigenvalue weighted by atomic mass is 35.5. The van der Waals surface area contributed by atoms with Crippen molar-refractivity contribution in [1.29, 1.82) is 0 Å². The molecule has 3 aliphatic rings. The van der Waals surface area contributed by atoms with E-state index in [9.17, 15) is 18.8 Å². The summed E-state index contributed by atoms with van der Waals surface area (Å²) in [6, 6.07) is 10.6. The highest BCUT2D eigenvalue weighted by molar-refractivity contribution is 6.31. The molecule has 7 nitrogen and oxygen atoms in total. The van der Waals surface area contributed by atoms with Crippen LogP contribution in [0.2, 0.25) is 10.0 Å². The molecular formula is C24H24Cl2FN3O4. The predicted molar refractivity (Wildman–Crippen MR) is 127 cm³/mol. The van der Waals surface area contributed by atoms with Crippen molar-refractivity contribution < 1.29 is 23.5 Å². The molecule has 3 saturated carbocycles. The molecular weight excluding hydrogens is 484 g/mol. The Bertz CT molecular complexity index is 1110. The van der Waals surface area contributed by atoms with Crippen LogP contribution < -0.4 is 20.3 Å². The molecule has 0 aromatic heterocycles. The average Bonchev–Trinajstić information content (AvgIpc) is 3.26. The van der Waals surface area contributed by atoms with Crippen LogP contribution in [0.4, 0.5) is 10.1 Å². The summed E-state index contributed by atoms with van der Waals surface area (Å²) in [5, 5.41) is 6.53. The summed E-state index contributed by atoms with van der Waals surface area (Å²) in [6.45, 7) is 1.05. The SMILES string of the molecule is CC(=O)N(CC(=O)NC12CC(C1)C(NC(=O)COc1ccc(Cl)c(F)c1)C2)c1ccc(Cl)cc1. The number of carbonyl (C=O) groups is 3. The zero-order chi connectivity index (χ0) is 24.5. The maximum atomic E-state index is 13.5. The number of anilines is 1. The Balaban J connectivity index is 1.27. The molecule has 10 heteroatoms. The van der Waals surface area contributed by atoms with Gasteiger partial charge in [0.2, 0.25) is 11.8 Å². The van der Waals surface area contributed by atoms with Crippen LogP contribution in [0.25, 0.3) is 0 Å². The van der Waals surface area contributed by atoms with Crippen LogP contribution >= 0.6 is 23.2 Å². The van der Waals surface area contributed by atoms with Gasteiger partial charge in [-0.15, -0.1) is 0 Å². The maximum absolute atomic E-state index is 13.5. The monoisotopic (exact) mass is 507 g/mol. The Morgan fingerprint density at radius 3 is 2.44 bits per heavy atom. The number of benzene rings is 2. The quantitative estimate of drug-likeness (QED) is 0.569. The molecule has 2 aromatic carbocycles. The summed E-state index contributed by atoms with van der Waals surface area (Å²) >= 11 is 11.6. The molecule has 3 amide bonds. The second kappa shape index (κ2) is 9.80. The molecule has 0 heterocycles. The van der Waals surface area contributed by atoms with Gasteiger partial charge in [0.15, 0.2) is 6.61 Å². The molecule has 0 saturated heterocycles. The van der Waals surface area contributed by atoms with Crippen LogP contribution in [0, 0.1) is 11.7 Å². The van der Waals surface area contributed by atoms with E-state index in [2.05, 4.69) is 10.6 Å². The van der Waals surface area contributed by atoms with Gasteiger partial charge >= 0.3 is 0 Å². The Labute approximate surface area is 206 Å². The van der Waals surface area contributed by atoms with Gasteiger partial charge in [-0.25, -0.2) is 4.39 Å². The summed E-state index contributed by atoms with van der Waals surface area (Å²) < 4.78 is 18.8. The first kappa shape index (κ1) is 24.3. The fourth-order valence-corrected chi connectivity index (χ4v) is 5.00. The van der Waals surface area contributed by atoms with E-state index in [1.807, 2.05) is 0 Å². The van der Waals surface area contributed by atoms with Gasteiger partial charge in [0.1, 0.15) is 18.1 Å². The molecule has 1 unspecified atom stereocenters. The van der Waals surface area contributed by atoms with Gasteiger partial charge < -0.3 is 20.3 Å². The minimum atomic E-state index is -0.617. The summed E-state index contributed by atoms with van der Waals surface area (Å²) in [6.07, 6.45) is 2.12. The fraction of sp³-hybridized carbons (Fsp3) is 0.375. The van der Waals surface area contributed by atoms with Crippen LogP contribution in [0.15, 0.2) is 42.5 Å². The summed E-state index contributed by atoms with van der Waals surface area (Å²) in [5.74, 6) is -0.972. The molecule has 5 rings (SSSR count). The van der Waals surface area contributed by atoms with Crippen molar-refractivity contribution in [2.75, 3.05) is 18.1 Å². The third kappa shape index (κ3) is 5.45. The normalized spacial score (nSPS) is 22.5. The number of halogens is 3. The molecule has 0 radical (unpaired) electrons. The molecule has 0 aliphatic heterocycles. The smallest absolute Gasteiger partial charge is 0.258 e. The number of fused-ring (bicyclic) bond motifs is 1. The lowest BCUT2D eigenvalue weighted by molar-refractivity contribution is -0.125. The van der Waals surface area contributed by atoms with Gasteiger partial charge in [0.25, 0.3) is 5.91 Å². The fourth-order valence-electron chi connectivity index (χ4n) is 4.75. The van der Waals surface area contributed by atoms with Crippen LogP contribution in [-0.2, 0) is 14.4 Å². The highest BCUT2D eigenvalue weighted by Gasteiger charge is 2.57. The summed E-state index contributed by atoms with van der Waals surface area (Å²) in [4.78, 5) is 38.5. The van der Waals surface area contributed by atoms with Gasteiger partial charge in [-0.2, -0.15) is 0 Å². The number of carbonyl (C=O) groups excluding carboxylic acids is 3. The van der Waals surface area contributed by atoms with Crippen molar-refractivity contribution in [2.24, 2.45) is 5.92 Å². The maximum Gasteiger partial charge on any atom is 0.258 e. The van der Waals surface area contributed by atoms with Gasteiger partial charge in [-0.1, -0.05) is 23.2 Å².